The highest BCUT2D eigenvalue weighted by molar-refractivity contribution is 5.90. The van der Waals surface area contributed by atoms with Gasteiger partial charge in [-0.25, -0.2) is 14.8 Å². The highest BCUT2D eigenvalue weighted by Gasteiger charge is 2.32. The van der Waals surface area contributed by atoms with Crippen LogP contribution in [-0.4, -0.2) is 55.6 Å². The summed E-state index contributed by atoms with van der Waals surface area (Å²) in [5, 5.41) is 0.795. The van der Waals surface area contributed by atoms with Crippen molar-refractivity contribution in [2.75, 3.05) is 38.4 Å². The molecule has 32 heavy (non-hydrogen) atoms. The summed E-state index contributed by atoms with van der Waals surface area (Å²) in [4.78, 5) is 22.5. The Labute approximate surface area is 184 Å². The summed E-state index contributed by atoms with van der Waals surface area (Å²) in [7, 11) is 1.61. The second-order valence-electron chi connectivity index (χ2n) is 7.50. The second kappa shape index (κ2) is 8.78. The van der Waals surface area contributed by atoms with Gasteiger partial charge in [-0.1, -0.05) is 0 Å². The number of carbonyl (C=O) groups is 1. The monoisotopic (exact) mass is 437 g/mol. The number of rotatable bonds is 7. The fourth-order valence-corrected chi connectivity index (χ4v) is 3.82. The molecule has 2 aliphatic heterocycles. The van der Waals surface area contributed by atoms with Gasteiger partial charge in [0.1, 0.15) is 31.4 Å². The van der Waals surface area contributed by atoms with Gasteiger partial charge in [-0.05, 0) is 43.2 Å². The van der Waals surface area contributed by atoms with Crippen molar-refractivity contribution in [2.45, 2.75) is 18.9 Å². The Morgan fingerprint density at radius 3 is 2.84 bits per heavy atom. The third kappa shape index (κ3) is 4.05. The lowest BCUT2D eigenvalue weighted by molar-refractivity contribution is 0.131. The van der Waals surface area contributed by atoms with Crippen molar-refractivity contribution in [1.82, 2.24) is 9.97 Å². The third-order valence-corrected chi connectivity index (χ3v) is 5.43. The standard InChI is InChI=1S/C23H23N3O6/c1-28-16-5-6-19-18(12-16)22(25-14-24-19)31-8-2-3-17-13-26(23(27)32-17)15-4-7-20-21(11-15)30-10-9-29-20/h4-7,11-12,14,17H,2-3,8-10,13H2,1H3. The predicted octanol–water partition coefficient (Wildman–Crippen LogP) is 3.59. The van der Waals surface area contributed by atoms with Crippen LogP contribution in [0.1, 0.15) is 12.8 Å². The minimum atomic E-state index is -0.360. The molecule has 3 aromatic rings. The fraction of sp³-hybridized carbons (Fsp3) is 0.348. The van der Waals surface area contributed by atoms with Gasteiger partial charge in [-0.2, -0.15) is 0 Å². The van der Waals surface area contributed by atoms with E-state index in [1.165, 1.54) is 6.33 Å². The molecule has 1 aromatic heterocycles. The van der Waals surface area contributed by atoms with E-state index < -0.39 is 0 Å². The number of anilines is 1. The van der Waals surface area contributed by atoms with Crippen LogP contribution in [0.5, 0.6) is 23.1 Å². The van der Waals surface area contributed by atoms with Gasteiger partial charge in [-0.15, -0.1) is 0 Å². The molecule has 9 heteroatoms. The zero-order chi connectivity index (χ0) is 21.9. The molecule has 1 amide bonds. The van der Waals surface area contributed by atoms with E-state index in [9.17, 15) is 4.79 Å². The average Bonchev–Trinajstić information content (AvgIpc) is 3.21. The third-order valence-electron chi connectivity index (χ3n) is 5.43. The Bertz CT molecular complexity index is 1140. The van der Waals surface area contributed by atoms with Crippen molar-refractivity contribution in [3.05, 3.63) is 42.7 Å². The van der Waals surface area contributed by atoms with Crippen molar-refractivity contribution in [3.63, 3.8) is 0 Å². The Hall–Kier alpha value is -3.75. The number of benzene rings is 2. The van der Waals surface area contributed by atoms with Crippen LogP contribution in [0.4, 0.5) is 10.5 Å². The van der Waals surface area contributed by atoms with Crippen LogP contribution in [0.15, 0.2) is 42.7 Å². The predicted molar refractivity (Wildman–Crippen MR) is 116 cm³/mol. The zero-order valence-corrected chi connectivity index (χ0v) is 17.7. The summed E-state index contributed by atoms with van der Waals surface area (Å²) in [5.41, 5.74) is 1.52. The van der Waals surface area contributed by atoms with Gasteiger partial charge in [0.2, 0.25) is 5.88 Å². The lowest BCUT2D eigenvalue weighted by Gasteiger charge is -2.21. The van der Waals surface area contributed by atoms with Crippen LogP contribution in [-0.2, 0) is 4.74 Å². The summed E-state index contributed by atoms with van der Waals surface area (Å²) in [6.07, 6.45) is 2.30. The van der Waals surface area contributed by atoms with Crippen LogP contribution < -0.4 is 23.8 Å². The van der Waals surface area contributed by atoms with Gasteiger partial charge in [0, 0.05) is 6.07 Å². The van der Waals surface area contributed by atoms with E-state index in [0.717, 1.165) is 16.6 Å². The number of hydrogen-bond donors (Lipinski definition) is 0. The molecule has 2 aromatic carbocycles. The highest BCUT2D eigenvalue weighted by atomic mass is 16.6. The Morgan fingerprint density at radius 2 is 1.97 bits per heavy atom. The molecule has 0 N–H and O–H groups in total. The maximum absolute atomic E-state index is 12.4. The van der Waals surface area contributed by atoms with Gasteiger partial charge < -0.3 is 23.7 Å². The fourth-order valence-electron chi connectivity index (χ4n) is 3.82. The van der Waals surface area contributed by atoms with Crippen LogP contribution in [0.2, 0.25) is 0 Å². The van der Waals surface area contributed by atoms with E-state index in [4.69, 9.17) is 23.7 Å². The molecule has 0 spiro atoms. The molecule has 1 fully saturated rings. The smallest absolute Gasteiger partial charge is 0.414 e. The van der Waals surface area contributed by atoms with Crippen LogP contribution >= 0.6 is 0 Å². The van der Waals surface area contributed by atoms with Crippen LogP contribution in [0.3, 0.4) is 0 Å². The minimum Gasteiger partial charge on any atom is -0.497 e. The largest absolute Gasteiger partial charge is 0.497 e. The number of cyclic esters (lactones) is 1. The normalized spacial score (nSPS) is 17.3. The number of aromatic nitrogens is 2. The SMILES string of the molecule is COc1ccc2ncnc(OCCCC3CN(c4ccc5c(c4)OCCO5)C(=O)O3)c2c1. The Morgan fingerprint density at radius 1 is 1.09 bits per heavy atom. The van der Waals surface area contributed by atoms with E-state index in [2.05, 4.69) is 9.97 Å². The molecule has 9 nitrogen and oxygen atoms in total. The number of hydrogen-bond acceptors (Lipinski definition) is 8. The lowest BCUT2D eigenvalue weighted by atomic mass is 10.2. The molecule has 0 aliphatic carbocycles. The first kappa shape index (κ1) is 20.2. The number of ether oxygens (including phenoxy) is 5. The highest BCUT2D eigenvalue weighted by Crippen LogP contribution is 2.35. The van der Waals surface area contributed by atoms with Gasteiger partial charge in [0.25, 0.3) is 0 Å². The van der Waals surface area contributed by atoms with Crippen molar-refractivity contribution >= 4 is 22.7 Å². The molecule has 1 saturated heterocycles. The first-order valence-electron chi connectivity index (χ1n) is 10.5. The van der Waals surface area contributed by atoms with E-state index in [0.29, 0.717) is 62.3 Å². The van der Waals surface area contributed by atoms with Crippen molar-refractivity contribution in [2.24, 2.45) is 0 Å². The first-order chi connectivity index (χ1) is 15.7. The molecular weight excluding hydrogens is 414 g/mol. The van der Waals surface area contributed by atoms with Crippen LogP contribution in [0, 0.1) is 0 Å². The van der Waals surface area contributed by atoms with E-state index >= 15 is 0 Å². The van der Waals surface area contributed by atoms with Gasteiger partial charge in [0.15, 0.2) is 11.5 Å². The Balaban J connectivity index is 1.17. The maximum atomic E-state index is 12.4. The quantitative estimate of drug-likeness (QED) is 0.518. The van der Waals surface area contributed by atoms with Gasteiger partial charge in [0.05, 0.1) is 36.9 Å². The molecule has 5 rings (SSSR count). The summed E-state index contributed by atoms with van der Waals surface area (Å²) in [5.74, 6) is 2.56. The van der Waals surface area contributed by atoms with Gasteiger partial charge >= 0.3 is 6.09 Å². The number of amides is 1. The molecule has 0 bridgehead atoms. The van der Waals surface area contributed by atoms with Crippen molar-refractivity contribution in [3.8, 4) is 23.1 Å². The lowest BCUT2D eigenvalue weighted by Crippen LogP contribution is -2.25. The number of methoxy groups -OCH3 is 1. The van der Waals surface area contributed by atoms with E-state index in [-0.39, 0.29) is 12.2 Å². The van der Waals surface area contributed by atoms with Crippen molar-refractivity contribution in [1.29, 1.82) is 0 Å². The average molecular weight is 437 g/mol. The molecule has 1 unspecified atom stereocenters. The first-order valence-corrected chi connectivity index (χ1v) is 10.5. The summed E-state index contributed by atoms with van der Waals surface area (Å²) >= 11 is 0. The molecular formula is C23H23N3O6. The summed E-state index contributed by atoms with van der Waals surface area (Å²) < 4.78 is 27.9. The van der Waals surface area contributed by atoms with E-state index in [1.807, 2.05) is 36.4 Å². The van der Waals surface area contributed by atoms with Crippen LogP contribution in [0.25, 0.3) is 10.9 Å². The van der Waals surface area contributed by atoms with Gasteiger partial charge in [-0.3, -0.25) is 4.90 Å². The summed E-state index contributed by atoms with van der Waals surface area (Å²) in [6, 6.07) is 11.0. The molecule has 3 heterocycles. The minimum absolute atomic E-state index is 0.207. The van der Waals surface area contributed by atoms with Crippen molar-refractivity contribution < 1.29 is 28.5 Å². The number of fused-ring (bicyclic) bond motifs is 2. The van der Waals surface area contributed by atoms with E-state index in [1.54, 1.807) is 12.0 Å². The Kier molecular flexibility index (Phi) is 5.53. The topological polar surface area (TPSA) is 92.2 Å². The maximum Gasteiger partial charge on any atom is 0.414 e. The molecule has 0 radical (unpaired) electrons. The zero-order valence-electron chi connectivity index (χ0n) is 17.7. The second-order valence-corrected chi connectivity index (χ2v) is 7.50. The molecule has 2 aliphatic rings. The molecule has 1 atom stereocenters. The summed E-state index contributed by atoms with van der Waals surface area (Å²) in [6.45, 7) is 1.95. The number of nitrogens with zero attached hydrogens (tertiary/aromatic N) is 3. The molecule has 0 saturated carbocycles. The molecule has 166 valence electrons. The number of carbonyl (C=O) groups excluding carboxylic acids is 1.